The lowest BCUT2D eigenvalue weighted by molar-refractivity contribution is -0.120. The van der Waals surface area contributed by atoms with Gasteiger partial charge in [-0.1, -0.05) is 22.4 Å². The molecule has 116 valence electrons. The molecule has 0 bridgehead atoms. The van der Waals surface area contributed by atoms with Crippen LogP contribution in [-0.4, -0.2) is 37.5 Å². The van der Waals surface area contributed by atoms with Gasteiger partial charge < -0.3 is 5.32 Å². The molecule has 1 aromatic carbocycles. The first-order valence-corrected chi connectivity index (χ1v) is 9.16. The van der Waals surface area contributed by atoms with E-state index in [1.165, 1.54) is 16.4 Å². The number of nitrogens with zero attached hydrogens (tertiary/aromatic N) is 1. The van der Waals surface area contributed by atoms with Crippen LogP contribution < -0.4 is 5.32 Å². The molecule has 1 N–H and O–H groups in total. The Morgan fingerprint density at radius 3 is 2.76 bits per heavy atom. The Balaban J connectivity index is 2.18. The van der Waals surface area contributed by atoms with Crippen molar-refractivity contribution in [2.24, 2.45) is 0 Å². The van der Waals surface area contributed by atoms with Crippen LogP contribution in [0.2, 0.25) is 0 Å². The lowest BCUT2D eigenvalue weighted by Gasteiger charge is -2.32. The van der Waals surface area contributed by atoms with Gasteiger partial charge in [0.25, 0.3) is 0 Å². The number of sulfonamides is 1. The fourth-order valence-corrected chi connectivity index (χ4v) is 3.83. The van der Waals surface area contributed by atoms with Crippen LogP contribution in [0.5, 0.6) is 0 Å². The molecule has 1 heterocycles. The summed E-state index contributed by atoms with van der Waals surface area (Å²) in [7, 11) is -3.46. The third-order valence-corrected chi connectivity index (χ3v) is 5.15. The van der Waals surface area contributed by atoms with Crippen LogP contribution >= 0.6 is 15.9 Å². The summed E-state index contributed by atoms with van der Waals surface area (Å²) in [6.07, 6.45) is 3.02. The van der Waals surface area contributed by atoms with Gasteiger partial charge in [0.15, 0.2) is 0 Å². The summed E-state index contributed by atoms with van der Waals surface area (Å²) in [5, 5.41) is 2.47. The topological polar surface area (TPSA) is 66.5 Å². The number of piperidine rings is 1. The molecule has 1 saturated heterocycles. The summed E-state index contributed by atoms with van der Waals surface area (Å²) in [5.74, 6) is -1.07. The van der Waals surface area contributed by atoms with E-state index in [0.29, 0.717) is 17.4 Å². The molecule has 0 aromatic heterocycles. The Hall–Kier alpha value is -0.990. The summed E-state index contributed by atoms with van der Waals surface area (Å²) in [6.45, 7) is 0.319. The van der Waals surface area contributed by atoms with Gasteiger partial charge in [-0.15, -0.1) is 0 Å². The van der Waals surface area contributed by atoms with E-state index in [4.69, 9.17) is 0 Å². The Morgan fingerprint density at radius 2 is 2.14 bits per heavy atom. The van der Waals surface area contributed by atoms with E-state index in [1.807, 2.05) is 0 Å². The lowest BCUT2D eigenvalue weighted by Crippen LogP contribution is -2.49. The molecule has 8 heteroatoms. The Bertz CT molecular complexity index is 651. The van der Waals surface area contributed by atoms with Gasteiger partial charge in [0.1, 0.15) is 11.9 Å². The predicted octanol–water partition coefficient (Wildman–Crippen LogP) is 2.34. The minimum Gasteiger partial charge on any atom is -0.322 e. The van der Waals surface area contributed by atoms with Crippen LogP contribution in [0.25, 0.3) is 0 Å². The molecule has 0 unspecified atom stereocenters. The van der Waals surface area contributed by atoms with Crippen molar-refractivity contribution in [3.8, 4) is 0 Å². The van der Waals surface area contributed by atoms with Crippen LogP contribution in [0.15, 0.2) is 22.7 Å². The molecular formula is C13H16BrFN2O3S. The third-order valence-electron chi connectivity index (χ3n) is 3.37. The van der Waals surface area contributed by atoms with Crippen molar-refractivity contribution >= 4 is 37.5 Å². The van der Waals surface area contributed by atoms with Crippen LogP contribution in [0.4, 0.5) is 10.1 Å². The second kappa shape index (κ2) is 6.41. The molecule has 0 saturated carbocycles. The first-order valence-electron chi connectivity index (χ1n) is 6.52. The molecule has 1 aliphatic rings. The van der Waals surface area contributed by atoms with E-state index in [9.17, 15) is 17.6 Å². The quantitative estimate of drug-likeness (QED) is 0.877. The van der Waals surface area contributed by atoms with Gasteiger partial charge in [-0.3, -0.25) is 4.79 Å². The Labute approximate surface area is 131 Å². The molecule has 1 atom stereocenters. The molecule has 2 rings (SSSR count). The summed E-state index contributed by atoms with van der Waals surface area (Å²) in [5.41, 5.74) is 0.0437. The number of amides is 1. The number of carbonyl (C=O) groups excluding carboxylic acids is 1. The average molecular weight is 379 g/mol. The van der Waals surface area contributed by atoms with Crippen molar-refractivity contribution in [2.45, 2.75) is 25.3 Å². The monoisotopic (exact) mass is 378 g/mol. The number of hydrogen-bond acceptors (Lipinski definition) is 3. The summed E-state index contributed by atoms with van der Waals surface area (Å²) < 4.78 is 38.9. The predicted molar refractivity (Wildman–Crippen MR) is 81.9 cm³/mol. The van der Waals surface area contributed by atoms with Crippen molar-refractivity contribution in [1.29, 1.82) is 0 Å². The molecule has 5 nitrogen and oxygen atoms in total. The number of benzene rings is 1. The number of hydrogen-bond donors (Lipinski definition) is 1. The SMILES string of the molecule is CS(=O)(=O)N1CCCC[C@H]1C(=O)Nc1ccc(Br)cc1F. The van der Waals surface area contributed by atoms with Crippen molar-refractivity contribution in [3.05, 3.63) is 28.5 Å². The first-order chi connectivity index (χ1) is 9.79. The van der Waals surface area contributed by atoms with E-state index in [-0.39, 0.29) is 5.69 Å². The maximum atomic E-state index is 13.7. The highest BCUT2D eigenvalue weighted by molar-refractivity contribution is 9.10. The van der Waals surface area contributed by atoms with E-state index in [2.05, 4.69) is 21.2 Å². The minimum atomic E-state index is -3.46. The summed E-state index contributed by atoms with van der Waals surface area (Å²) in [4.78, 5) is 12.3. The normalized spacial score (nSPS) is 20.2. The molecule has 1 amide bonds. The Kier molecular flexibility index (Phi) is 5.00. The standard InChI is InChI=1S/C13H16BrFN2O3S/c1-21(19,20)17-7-3-2-4-12(17)13(18)16-11-6-5-9(14)8-10(11)15/h5-6,8,12H,2-4,7H2,1H3,(H,16,18)/t12-/m0/s1. The van der Waals surface area contributed by atoms with Gasteiger partial charge in [-0.25, -0.2) is 12.8 Å². The van der Waals surface area contributed by atoms with E-state index in [0.717, 1.165) is 19.1 Å². The fraction of sp³-hybridized carbons (Fsp3) is 0.462. The maximum Gasteiger partial charge on any atom is 0.242 e. The van der Waals surface area contributed by atoms with Crippen LogP contribution in [-0.2, 0) is 14.8 Å². The Morgan fingerprint density at radius 1 is 1.43 bits per heavy atom. The summed E-state index contributed by atoms with van der Waals surface area (Å²) >= 11 is 3.13. The van der Waals surface area contributed by atoms with Crippen molar-refractivity contribution < 1.29 is 17.6 Å². The molecule has 1 aromatic rings. The van der Waals surface area contributed by atoms with Crippen molar-refractivity contribution in [3.63, 3.8) is 0 Å². The second-order valence-corrected chi connectivity index (χ2v) is 7.85. The number of carbonyl (C=O) groups is 1. The highest BCUT2D eigenvalue weighted by Crippen LogP contribution is 2.23. The van der Waals surface area contributed by atoms with E-state index >= 15 is 0 Å². The lowest BCUT2D eigenvalue weighted by atomic mass is 10.0. The van der Waals surface area contributed by atoms with Gasteiger partial charge in [-0.05, 0) is 31.0 Å². The zero-order chi connectivity index (χ0) is 15.6. The van der Waals surface area contributed by atoms with Crippen LogP contribution in [0, 0.1) is 5.82 Å². The molecule has 0 spiro atoms. The van der Waals surface area contributed by atoms with E-state index < -0.39 is 27.8 Å². The number of nitrogens with one attached hydrogen (secondary N) is 1. The molecule has 21 heavy (non-hydrogen) atoms. The molecular weight excluding hydrogens is 363 g/mol. The second-order valence-electron chi connectivity index (χ2n) is 5.00. The van der Waals surface area contributed by atoms with Crippen LogP contribution in [0.1, 0.15) is 19.3 Å². The van der Waals surface area contributed by atoms with Crippen molar-refractivity contribution in [2.75, 3.05) is 18.1 Å². The van der Waals surface area contributed by atoms with Crippen molar-refractivity contribution in [1.82, 2.24) is 4.31 Å². The third kappa shape index (κ3) is 4.02. The van der Waals surface area contributed by atoms with Gasteiger partial charge in [0.2, 0.25) is 15.9 Å². The molecule has 0 radical (unpaired) electrons. The van der Waals surface area contributed by atoms with Gasteiger partial charge in [0, 0.05) is 11.0 Å². The molecule has 1 fully saturated rings. The highest BCUT2D eigenvalue weighted by Gasteiger charge is 2.34. The maximum absolute atomic E-state index is 13.7. The van der Waals surface area contributed by atoms with Gasteiger partial charge in [-0.2, -0.15) is 4.31 Å². The van der Waals surface area contributed by atoms with Gasteiger partial charge in [0.05, 0.1) is 11.9 Å². The van der Waals surface area contributed by atoms with Gasteiger partial charge >= 0.3 is 0 Å². The average Bonchev–Trinajstić information content (AvgIpc) is 2.41. The molecule has 1 aliphatic heterocycles. The number of anilines is 1. The smallest absolute Gasteiger partial charge is 0.242 e. The zero-order valence-corrected chi connectivity index (χ0v) is 13.9. The molecule has 0 aliphatic carbocycles. The highest BCUT2D eigenvalue weighted by atomic mass is 79.9. The summed E-state index contributed by atoms with van der Waals surface area (Å²) in [6, 6.07) is 3.50. The minimum absolute atomic E-state index is 0.0437. The first kappa shape index (κ1) is 16.4. The fourth-order valence-electron chi connectivity index (χ4n) is 2.37. The zero-order valence-electron chi connectivity index (χ0n) is 11.5. The largest absolute Gasteiger partial charge is 0.322 e. The van der Waals surface area contributed by atoms with E-state index in [1.54, 1.807) is 6.07 Å². The number of halogens is 2. The number of rotatable bonds is 3. The van der Waals surface area contributed by atoms with Crippen LogP contribution in [0.3, 0.4) is 0 Å².